The lowest BCUT2D eigenvalue weighted by atomic mass is 10.2. The largest absolute Gasteiger partial charge is 0.327 e. The fraction of sp³-hybridized carbons (Fsp3) is 1.00. The lowest BCUT2D eigenvalue weighted by Crippen LogP contribution is -2.49. The van der Waals surface area contributed by atoms with Crippen LogP contribution < -0.4 is 5.73 Å². The molecule has 1 heterocycles. The third kappa shape index (κ3) is 4.40. The molecule has 1 aliphatic rings. The number of hydrogen-bond donors (Lipinski definition) is 1. The van der Waals surface area contributed by atoms with E-state index in [0.717, 1.165) is 6.54 Å². The Morgan fingerprint density at radius 3 is 2.21 bits per heavy atom. The number of nitrogens with two attached hydrogens (primary N) is 1. The van der Waals surface area contributed by atoms with Crippen molar-refractivity contribution in [3.8, 4) is 0 Å². The molecule has 3 nitrogen and oxygen atoms in total. The van der Waals surface area contributed by atoms with Gasteiger partial charge in [-0.15, -0.1) is 0 Å². The van der Waals surface area contributed by atoms with Gasteiger partial charge < -0.3 is 10.6 Å². The van der Waals surface area contributed by atoms with Crippen molar-refractivity contribution in [2.75, 3.05) is 39.3 Å². The van der Waals surface area contributed by atoms with Crippen molar-refractivity contribution < 1.29 is 0 Å². The van der Waals surface area contributed by atoms with Gasteiger partial charge in [0, 0.05) is 38.8 Å². The minimum Gasteiger partial charge on any atom is -0.327 e. The molecule has 0 aliphatic carbocycles. The molecule has 1 rings (SSSR count). The number of nitrogens with zero attached hydrogens (tertiary/aromatic N) is 2. The zero-order chi connectivity index (χ0) is 10.4. The Labute approximate surface area is 88.2 Å². The Kier molecular flexibility index (Phi) is 5.45. The molecular formula is C11H25N3. The maximum absolute atomic E-state index is 5.78. The first-order valence-corrected chi connectivity index (χ1v) is 5.92. The van der Waals surface area contributed by atoms with Crippen LogP contribution in [0.1, 0.15) is 26.7 Å². The molecule has 0 unspecified atom stereocenters. The van der Waals surface area contributed by atoms with Gasteiger partial charge in [-0.2, -0.15) is 0 Å². The van der Waals surface area contributed by atoms with Crippen LogP contribution in [0.4, 0.5) is 0 Å². The number of hydrogen-bond acceptors (Lipinski definition) is 3. The van der Waals surface area contributed by atoms with E-state index in [-0.39, 0.29) is 0 Å². The van der Waals surface area contributed by atoms with E-state index < -0.39 is 0 Å². The molecule has 0 aromatic rings. The van der Waals surface area contributed by atoms with Crippen LogP contribution >= 0.6 is 0 Å². The highest BCUT2D eigenvalue weighted by Gasteiger charge is 2.16. The highest BCUT2D eigenvalue weighted by atomic mass is 15.3. The molecule has 1 saturated heterocycles. The van der Waals surface area contributed by atoms with Gasteiger partial charge in [0.15, 0.2) is 0 Å². The molecule has 0 amide bonds. The van der Waals surface area contributed by atoms with Gasteiger partial charge in [0.1, 0.15) is 0 Å². The van der Waals surface area contributed by atoms with Gasteiger partial charge in [-0.1, -0.05) is 13.3 Å². The standard InChI is InChI=1S/C11H25N3/c1-3-4-5-13-6-8-14(9-7-13)10-11(2)12/h11H,3-10,12H2,1-2H3/t11-/m1/s1. The first-order valence-electron chi connectivity index (χ1n) is 5.92. The van der Waals surface area contributed by atoms with Crippen molar-refractivity contribution in [3.05, 3.63) is 0 Å². The van der Waals surface area contributed by atoms with E-state index in [1.165, 1.54) is 45.6 Å². The average molecular weight is 199 g/mol. The predicted molar refractivity (Wildman–Crippen MR) is 61.4 cm³/mol. The third-order valence-corrected chi connectivity index (χ3v) is 2.84. The average Bonchev–Trinajstić information content (AvgIpc) is 2.16. The molecule has 84 valence electrons. The Morgan fingerprint density at radius 1 is 1.14 bits per heavy atom. The number of unbranched alkanes of at least 4 members (excludes halogenated alkanes) is 1. The van der Waals surface area contributed by atoms with Crippen LogP contribution in [0.2, 0.25) is 0 Å². The molecule has 0 aromatic heterocycles. The van der Waals surface area contributed by atoms with Gasteiger partial charge in [-0.05, 0) is 19.9 Å². The lowest BCUT2D eigenvalue weighted by molar-refractivity contribution is 0.127. The van der Waals surface area contributed by atoms with Gasteiger partial charge >= 0.3 is 0 Å². The van der Waals surface area contributed by atoms with E-state index in [9.17, 15) is 0 Å². The van der Waals surface area contributed by atoms with Crippen LogP contribution in [0.25, 0.3) is 0 Å². The van der Waals surface area contributed by atoms with E-state index in [1.54, 1.807) is 0 Å². The summed E-state index contributed by atoms with van der Waals surface area (Å²) in [6.07, 6.45) is 2.65. The second kappa shape index (κ2) is 6.38. The summed E-state index contributed by atoms with van der Waals surface area (Å²) in [6, 6.07) is 0.317. The summed E-state index contributed by atoms with van der Waals surface area (Å²) in [6.45, 7) is 11.5. The van der Waals surface area contributed by atoms with E-state index >= 15 is 0 Å². The van der Waals surface area contributed by atoms with E-state index in [2.05, 4.69) is 23.6 Å². The van der Waals surface area contributed by atoms with Crippen molar-refractivity contribution in [2.45, 2.75) is 32.7 Å². The Balaban J connectivity index is 2.11. The fourth-order valence-electron chi connectivity index (χ4n) is 1.98. The monoisotopic (exact) mass is 199 g/mol. The van der Waals surface area contributed by atoms with Gasteiger partial charge in [0.05, 0.1) is 0 Å². The zero-order valence-electron chi connectivity index (χ0n) is 9.71. The summed E-state index contributed by atoms with van der Waals surface area (Å²) in [5, 5.41) is 0. The van der Waals surface area contributed by atoms with Crippen LogP contribution in [0.5, 0.6) is 0 Å². The molecule has 0 saturated carbocycles. The Bertz CT molecular complexity index is 139. The Hall–Kier alpha value is -0.120. The molecule has 0 bridgehead atoms. The van der Waals surface area contributed by atoms with Crippen molar-refractivity contribution in [3.63, 3.8) is 0 Å². The Morgan fingerprint density at radius 2 is 1.71 bits per heavy atom. The van der Waals surface area contributed by atoms with Crippen LogP contribution in [-0.2, 0) is 0 Å². The molecule has 1 atom stereocenters. The minimum atomic E-state index is 0.317. The second-order valence-electron chi connectivity index (χ2n) is 4.47. The zero-order valence-corrected chi connectivity index (χ0v) is 9.71. The summed E-state index contributed by atoms with van der Waals surface area (Å²) in [4.78, 5) is 5.05. The summed E-state index contributed by atoms with van der Waals surface area (Å²) >= 11 is 0. The molecule has 1 fully saturated rings. The van der Waals surface area contributed by atoms with Crippen molar-refractivity contribution in [1.82, 2.24) is 9.80 Å². The molecule has 14 heavy (non-hydrogen) atoms. The highest BCUT2D eigenvalue weighted by molar-refractivity contribution is 4.73. The maximum atomic E-state index is 5.78. The van der Waals surface area contributed by atoms with Crippen molar-refractivity contribution in [1.29, 1.82) is 0 Å². The third-order valence-electron chi connectivity index (χ3n) is 2.84. The second-order valence-corrected chi connectivity index (χ2v) is 4.47. The van der Waals surface area contributed by atoms with Crippen LogP contribution in [0, 0.1) is 0 Å². The predicted octanol–water partition coefficient (Wildman–Crippen LogP) is 0.751. The van der Waals surface area contributed by atoms with Crippen LogP contribution in [0.15, 0.2) is 0 Å². The van der Waals surface area contributed by atoms with Gasteiger partial charge in [-0.25, -0.2) is 0 Å². The summed E-state index contributed by atoms with van der Waals surface area (Å²) in [5.41, 5.74) is 5.78. The van der Waals surface area contributed by atoms with Gasteiger partial charge in [-0.3, -0.25) is 4.90 Å². The molecule has 0 spiro atoms. The van der Waals surface area contributed by atoms with Crippen molar-refractivity contribution in [2.24, 2.45) is 5.73 Å². The van der Waals surface area contributed by atoms with Crippen molar-refractivity contribution >= 4 is 0 Å². The van der Waals surface area contributed by atoms with E-state index in [1.807, 2.05) is 0 Å². The molecule has 0 radical (unpaired) electrons. The first kappa shape index (κ1) is 12.0. The van der Waals surface area contributed by atoms with E-state index in [4.69, 9.17) is 5.73 Å². The van der Waals surface area contributed by atoms with Crippen LogP contribution in [-0.4, -0.2) is 55.1 Å². The first-order chi connectivity index (χ1) is 6.72. The SMILES string of the molecule is CCCCN1CCN(C[C@@H](C)N)CC1. The smallest absolute Gasteiger partial charge is 0.0139 e. The molecule has 1 aliphatic heterocycles. The highest BCUT2D eigenvalue weighted by Crippen LogP contribution is 2.03. The lowest BCUT2D eigenvalue weighted by Gasteiger charge is -2.35. The summed E-state index contributed by atoms with van der Waals surface area (Å²) in [5.74, 6) is 0. The van der Waals surface area contributed by atoms with Gasteiger partial charge in [0.25, 0.3) is 0 Å². The minimum absolute atomic E-state index is 0.317. The molecular weight excluding hydrogens is 174 g/mol. The van der Waals surface area contributed by atoms with E-state index in [0.29, 0.717) is 6.04 Å². The van der Waals surface area contributed by atoms with Gasteiger partial charge in [0.2, 0.25) is 0 Å². The number of rotatable bonds is 5. The van der Waals surface area contributed by atoms with Crippen LogP contribution in [0.3, 0.4) is 0 Å². The molecule has 3 heteroatoms. The maximum Gasteiger partial charge on any atom is 0.0139 e. The quantitative estimate of drug-likeness (QED) is 0.709. The fourth-order valence-corrected chi connectivity index (χ4v) is 1.98. The normalized spacial score (nSPS) is 22.5. The topological polar surface area (TPSA) is 32.5 Å². The molecule has 0 aromatic carbocycles. The summed E-state index contributed by atoms with van der Waals surface area (Å²) in [7, 11) is 0. The molecule has 2 N–H and O–H groups in total. The summed E-state index contributed by atoms with van der Waals surface area (Å²) < 4.78 is 0. The number of piperazine rings is 1.